The van der Waals surface area contributed by atoms with E-state index >= 15 is 0 Å². The SMILES string of the molecule is CCSC1CCCC1NC(=O)N1CCC(C(=O)O)C1C. The van der Waals surface area contributed by atoms with Crippen molar-refractivity contribution in [2.45, 2.75) is 56.9 Å². The summed E-state index contributed by atoms with van der Waals surface area (Å²) in [6, 6.07) is -0.0652. The summed E-state index contributed by atoms with van der Waals surface area (Å²) in [5.74, 6) is -0.156. The third-order valence-electron chi connectivity index (χ3n) is 4.48. The van der Waals surface area contributed by atoms with Crippen molar-refractivity contribution in [3.8, 4) is 0 Å². The van der Waals surface area contributed by atoms with Crippen molar-refractivity contribution < 1.29 is 14.7 Å². The third kappa shape index (κ3) is 3.22. The van der Waals surface area contributed by atoms with Crippen LogP contribution in [0, 0.1) is 5.92 Å². The fourth-order valence-electron chi connectivity index (χ4n) is 3.30. The smallest absolute Gasteiger partial charge is 0.317 e. The summed E-state index contributed by atoms with van der Waals surface area (Å²) < 4.78 is 0. The number of carbonyl (C=O) groups is 2. The standard InChI is InChI=1S/C14H24N2O3S/c1-3-20-12-6-4-5-11(12)15-14(19)16-8-7-10(9(16)2)13(17)18/h9-12H,3-8H2,1-2H3,(H,15,19)(H,17,18). The van der Waals surface area contributed by atoms with Gasteiger partial charge in [-0.25, -0.2) is 4.79 Å². The van der Waals surface area contributed by atoms with Gasteiger partial charge in [0.05, 0.1) is 5.92 Å². The lowest BCUT2D eigenvalue weighted by Crippen LogP contribution is -2.49. The molecule has 6 heteroatoms. The van der Waals surface area contributed by atoms with Gasteiger partial charge in [0, 0.05) is 23.9 Å². The normalized spacial score (nSPS) is 33.4. The minimum absolute atomic E-state index is 0.0881. The van der Waals surface area contributed by atoms with E-state index in [0.717, 1.165) is 25.0 Å². The fourth-order valence-corrected chi connectivity index (χ4v) is 4.50. The van der Waals surface area contributed by atoms with Gasteiger partial charge in [-0.15, -0.1) is 0 Å². The second kappa shape index (κ2) is 6.70. The van der Waals surface area contributed by atoms with Crippen LogP contribution in [0.4, 0.5) is 4.79 Å². The van der Waals surface area contributed by atoms with Crippen molar-refractivity contribution in [2.75, 3.05) is 12.3 Å². The lowest BCUT2D eigenvalue weighted by atomic mass is 10.0. The van der Waals surface area contributed by atoms with Gasteiger partial charge in [0.25, 0.3) is 0 Å². The fraction of sp³-hybridized carbons (Fsp3) is 0.857. The van der Waals surface area contributed by atoms with Crippen molar-refractivity contribution in [2.24, 2.45) is 5.92 Å². The van der Waals surface area contributed by atoms with Crippen LogP contribution in [0.1, 0.15) is 39.5 Å². The van der Waals surface area contributed by atoms with Gasteiger partial charge in [0.1, 0.15) is 0 Å². The predicted octanol–water partition coefficient (Wildman–Crippen LogP) is 2.17. The molecule has 114 valence electrons. The number of nitrogens with one attached hydrogen (secondary N) is 1. The molecule has 2 aliphatic rings. The number of thioether (sulfide) groups is 1. The van der Waals surface area contributed by atoms with Gasteiger partial charge < -0.3 is 15.3 Å². The van der Waals surface area contributed by atoms with Crippen molar-refractivity contribution >= 4 is 23.8 Å². The van der Waals surface area contributed by atoms with Crippen LogP contribution in [-0.2, 0) is 4.79 Å². The number of hydrogen-bond donors (Lipinski definition) is 2. The Bertz CT molecular complexity index is 377. The summed E-state index contributed by atoms with van der Waals surface area (Å²) in [4.78, 5) is 25.1. The zero-order valence-electron chi connectivity index (χ0n) is 12.2. The van der Waals surface area contributed by atoms with E-state index in [0.29, 0.717) is 18.2 Å². The first-order valence-electron chi connectivity index (χ1n) is 7.46. The summed E-state index contributed by atoms with van der Waals surface area (Å²) in [5, 5.41) is 12.7. The molecule has 4 atom stereocenters. The van der Waals surface area contributed by atoms with Crippen molar-refractivity contribution in [1.29, 1.82) is 0 Å². The Balaban J connectivity index is 1.90. The summed E-state index contributed by atoms with van der Waals surface area (Å²) >= 11 is 1.91. The number of nitrogens with zero attached hydrogens (tertiary/aromatic N) is 1. The van der Waals surface area contributed by atoms with Gasteiger partial charge in [-0.2, -0.15) is 11.8 Å². The molecule has 1 heterocycles. The van der Waals surface area contributed by atoms with Crippen molar-refractivity contribution in [1.82, 2.24) is 10.2 Å². The molecule has 0 radical (unpaired) electrons. The Morgan fingerprint density at radius 3 is 2.70 bits per heavy atom. The Labute approximate surface area is 124 Å². The van der Waals surface area contributed by atoms with Gasteiger partial charge in [-0.1, -0.05) is 13.3 Å². The lowest BCUT2D eigenvalue weighted by molar-refractivity contribution is -0.142. The van der Waals surface area contributed by atoms with E-state index in [1.54, 1.807) is 4.90 Å². The molecule has 2 rings (SSSR count). The second-order valence-corrected chi connectivity index (χ2v) is 7.16. The quantitative estimate of drug-likeness (QED) is 0.835. The number of rotatable bonds is 4. The Morgan fingerprint density at radius 1 is 1.35 bits per heavy atom. The number of hydrogen-bond acceptors (Lipinski definition) is 3. The molecule has 1 aliphatic carbocycles. The van der Waals surface area contributed by atoms with Crippen LogP contribution in [0.15, 0.2) is 0 Å². The van der Waals surface area contributed by atoms with E-state index < -0.39 is 11.9 Å². The molecule has 1 saturated carbocycles. The van der Waals surface area contributed by atoms with E-state index in [2.05, 4.69) is 12.2 Å². The number of carboxylic acids is 1. The molecular formula is C14H24N2O3S. The van der Waals surface area contributed by atoms with Crippen molar-refractivity contribution in [3.63, 3.8) is 0 Å². The molecule has 0 aromatic rings. The maximum absolute atomic E-state index is 12.3. The zero-order valence-corrected chi connectivity index (χ0v) is 13.0. The molecule has 0 bridgehead atoms. The third-order valence-corrected chi connectivity index (χ3v) is 5.80. The van der Waals surface area contributed by atoms with Crippen LogP contribution in [0.3, 0.4) is 0 Å². The number of carboxylic acid groups (broad SMARTS) is 1. The molecule has 0 aromatic heterocycles. The maximum atomic E-state index is 12.3. The Morgan fingerprint density at radius 2 is 2.10 bits per heavy atom. The Kier molecular flexibility index (Phi) is 5.18. The summed E-state index contributed by atoms with van der Waals surface area (Å²) in [6.45, 7) is 4.52. The number of aliphatic carboxylic acids is 1. The molecular weight excluding hydrogens is 276 g/mol. The number of likely N-dealkylation sites (tertiary alicyclic amines) is 1. The van der Waals surface area contributed by atoms with E-state index in [1.807, 2.05) is 18.7 Å². The summed E-state index contributed by atoms with van der Waals surface area (Å²) in [7, 11) is 0. The van der Waals surface area contributed by atoms with E-state index in [9.17, 15) is 9.59 Å². The monoisotopic (exact) mass is 300 g/mol. The Hall–Kier alpha value is -0.910. The highest BCUT2D eigenvalue weighted by Crippen LogP contribution is 2.31. The minimum Gasteiger partial charge on any atom is -0.481 e. The minimum atomic E-state index is -0.798. The molecule has 20 heavy (non-hydrogen) atoms. The van der Waals surface area contributed by atoms with Gasteiger partial charge in [0.2, 0.25) is 0 Å². The maximum Gasteiger partial charge on any atom is 0.317 e. The van der Waals surface area contributed by atoms with Crippen LogP contribution < -0.4 is 5.32 Å². The lowest BCUT2D eigenvalue weighted by Gasteiger charge is -2.27. The molecule has 5 nitrogen and oxygen atoms in total. The predicted molar refractivity (Wildman–Crippen MR) is 80.0 cm³/mol. The molecule has 1 aliphatic heterocycles. The number of amides is 2. The van der Waals surface area contributed by atoms with Crippen LogP contribution in [-0.4, -0.2) is 51.6 Å². The first-order chi connectivity index (χ1) is 9.54. The topological polar surface area (TPSA) is 69.6 Å². The van der Waals surface area contributed by atoms with Crippen LogP contribution in [0.25, 0.3) is 0 Å². The van der Waals surface area contributed by atoms with E-state index in [1.165, 1.54) is 0 Å². The average molecular weight is 300 g/mol. The van der Waals surface area contributed by atoms with Crippen LogP contribution in [0.5, 0.6) is 0 Å². The molecule has 2 fully saturated rings. The molecule has 2 amide bonds. The number of carbonyl (C=O) groups excluding carboxylic acids is 1. The average Bonchev–Trinajstić information content (AvgIpc) is 2.97. The highest BCUT2D eigenvalue weighted by atomic mass is 32.2. The highest BCUT2D eigenvalue weighted by molar-refractivity contribution is 7.99. The first-order valence-corrected chi connectivity index (χ1v) is 8.51. The molecule has 1 saturated heterocycles. The summed E-state index contributed by atoms with van der Waals surface area (Å²) in [5.41, 5.74) is 0. The molecule has 2 N–H and O–H groups in total. The highest BCUT2D eigenvalue weighted by Gasteiger charge is 2.39. The van der Waals surface area contributed by atoms with E-state index in [4.69, 9.17) is 5.11 Å². The zero-order chi connectivity index (χ0) is 14.7. The molecule has 0 spiro atoms. The van der Waals surface area contributed by atoms with Crippen LogP contribution >= 0.6 is 11.8 Å². The van der Waals surface area contributed by atoms with Crippen molar-refractivity contribution in [3.05, 3.63) is 0 Å². The summed E-state index contributed by atoms with van der Waals surface area (Å²) in [6.07, 6.45) is 3.92. The first kappa shape index (κ1) is 15.5. The van der Waals surface area contributed by atoms with Gasteiger partial charge >= 0.3 is 12.0 Å². The van der Waals surface area contributed by atoms with Gasteiger partial charge in [-0.3, -0.25) is 4.79 Å². The van der Waals surface area contributed by atoms with Crippen LogP contribution in [0.2, 0.25) is 0 Å². The van der Waals surface area contributed by atoms with E-state index in [-0.39, 0.29) is 18.1 Å². The molecule has 4 unspecified atom stereocenters. The second-order valence-electron chi connectivity index (χ2n) is 5.65. The van der Waals surface area contributed by atoms with Gasteiger partial charge in [0.15, 0.2) is 0 Å². The number of urea groups is 1. The molecule has 0 aromatic carbocycles. The largest absolute Gasteiger partial charge is 0.481 e. The van der Waals surface area contributed by atoms with Gasteiger partial charge in [-0.05, 0) is 31.9 Å².